The molecule has 1 N–H and O–H groups in total. The number of hydrogen-bond acceptors (Lipinski definition) is 5. The van der Waals surface area contributed by atoms with Crippen molar-refractivity contribution in [1.82, 2.24) is 29.9 Å². The monoisotopic (exact) mass is 351 g/mol. The summed E-state index contributed by atoms with van der Waals surface area (Å²) in [4.78, 5) is 19.5. The minimum atomic E-state index is -0.114. The molecule has 1 saturated heterocycles. The number of piperidine rings is 1. The van der Waals surface area contributed by atoms with Gasteiger partial charge in [-0.15, -0.1) is 5.10 Å². The van der Waals surface area contributed by atoms with Crippen LogP contribution in [0.2, 0.25) is 0 Å². The van der Waals surface area contributed by atoms with Crippen LogP contribution in [0, 0.1) is 6.92 Å². The minimum absolute atomic E-state index is 0.114. The molecule has 2 aliphatic heterocycles. The first-order valence-corrected chi connectivity index (χ1v) is 9.13. The van der Waals surface area contributed by atoms with E-state index in [2.05, 4.69) is 25.2 Å². The first kappa shape index (κ1) is 15.5. The predicted molar refractivity (Wildman–Crippen MR) is 97.3 cm³/mol. The molecule has 8 heteroatoms. The number of rotatable bonds is 2. The van der Waals surface area contributed by atoms with Crippen LogP contribution in [0.3, 0.4) is 0 Å². The second-order valence-corrected chi connectivity index (χ2v) is 6.96. The molecule has 0 spiro atoms. The summed E-state index contributed by atoms with van der Waals surface area (Å²) >= 11 is 0. The first-order valence-electron chi connectivity index (χ1n) is 9.13. The van der Waals surface area contributed by atoms with Crippen molar-refractivity contribution in [2.75, 3.05) is 24.5 Å². The molecule has 4 heterocycles. The number of aromatic nitrogens is 5. The van der Waals surface area contributed by atoms with Crippen molar-refractivity contribution in [1.29, 1.82) is 0 Å². The SMILES string of the molecule is Cc1c(C(=O)N2CCn3c2nc2ccccc23)nnn1C1CCNCC1. The zero-order chi connectivity index (χ0) is 17.7. The fourth-order valence-corrected chi connectivity index (χ4v) is 4.05. The maximum absolute atomic E-state index is 13.1. The second-order valence-electron chi connectivity index (χ2n) is 6.96. The van der Waals surface area contributed by atoms with Gasteiger partial charge >= 0.3 is 0 Å². The van der Waals surface area contributed by atoms with Crippen LogP contribution < -0.4 is 10.2 Å². The summed E-state index contributed by atoms with van der Waals surface area (Å²) in [7, 11) is 0. The number of imidazole rings is 1. The van der Waals surface area contributed by atoms with Gasteiger partial charge in [0.2, 0.25) is 5.95 Å². The fraction of sp³-hybridized carbons (Fsp3) is 0.444. The van der Waals surface area contributed by atoms with Crippen LogP contribution in [-0.4, -0.2) is 50.1 Å². The van der Waals surface area contributed by atoms with E-state index in [1.165, 1.54) is 0 Å². The van der Waals surface area contributed by atoms with E-state index < -0.39 is 0 Å². The highest BCUT2D eigenvalue weighted by atomic mass is 16.2. The number of para-hydroxylation sites is 2. The van der Waals surface area contributed by atoms with Crippen LogP contribution in [0.1, 0.15) is 35.1 Å². The van der Waals surface area contributed by atoms with Gasteiger partial charge in [-0.1, -0.05) is 17.3 Å². The molecule has 1 fully saturated rings. The van der Waals surface area contributed by atoms with Gasteiger partial charge in [-0.25, -0.2) is 9.67 Å². The lowest BCUT2D eigenvalue weighted by molar-refractivity contribution is 0.0983. The van der Waals surface area contributed by atoms with E-state index in [4.69, 9.17) is 0 Å². The largest absolute Gasteiger partial charge is 0.317 e. The quantitative estimate of drug-likeness (QED) is 0.757. The standard InChI is InChI=1S/C18H21N7O/c1-12-16(21-22-25(12)13-6-8-19-9-7-13)17(26)24-11-10-23-15-5-3-2-4-14(15)20-18(23)24/h2-5,13,19H,6-11H2,1H3. The smallest absolute Gasteiger partial charge is 0.283 e. The van der Waals surface area contributed by atoms with E-state index in [-0.39, 0.29) is 5.91 Å². The van der Waals surface area contributed by atoms with Crippen LogP contribution in [0.15, 0.2) is 24.3 Å². The van der Waals surface area contributed by atoms with Crippen LogP contribution in [0.5, 0.6) is 0 Å². The molecule has 0 unspecified atom stereocenters. The van der Waals surface area contributed by atoms with Gasteiger partial charge in [0.1, 0.15) is 0 Å². The van der Waals surface area contributed by atoms with Gasteiger partial charge in [0.15, 0.2) is 5.69 Å². The molecule has 0 aliphatic carbocycles. The molecule has 0 bridgehead atoms. The Bertz CT molecular complexity index is 983. The molecule has 1 aromatic carbocycles. The topological polar surface area (TPSA) is 80.9 Å². The van der Waals surface area contributed by atoms with Gasteiger partial charge in [0, 0.05) is 13.1 Å². The number of anilines is 1. The molecule has 26 heavy (non-hydrogen) atoms. The molecule has 0 atom stereocenters. The summed E-state index contributed by atoms with van der Waals surface area (Å²) < 4.78 is 4.02. The number of amides is 1. The summed E-state index contributed by atoms with van der Waals surface area (Å²) in [6.07, 6.45) is 2.02. The van der Waals surface area contributed by atoms with Crippen molar-refractivity contribution < 1.29 is 4.79 Å². The van der Waals surface area contributed by atoms with E-state index >= 15 is 0 Å². The number of nitrogens with zero attached hydrogens (tertiary/aromatic N) is 6. The average Bonchev–Trinajstić information content (AvgIpc) is 3.35. The van der Waals surface area contributed by atoms with E-state index in [0.717, 1.165) is 49.2 Å². The molecule has 2 aliphatic rings. The van der Waals surface area contributed by atoms with Crippen molar-refractivity contribution in [2.24, 2.45) is 0 Å². The lowest BCUT2D eigenvalue weighted by Crippen LogP contribution is -2.31. The van der Waals surface area contributed by atoms with Gasteiger partial charge in [0.05, 0.1) is 22.8 Å². The van der Waals surface area contributed by atoms with Gasteiger partial charge in [0.25, 0.3) is 5.91 Å². The zero-order valence-corrected chi connectivity index (χ0v) is 14.7. The third-order valence-corrected chi connectivity index (χ3v) is 5.45. The Morgan fingerprint density at radius 1 is 1.19 bits per heavy atom. The molecule has 8 nitrogen and oxygen atoms in total. The normalized spacial score (nSPS) is 17.8. The van der Waals surface area contributed by atoms with Gasteiger partial charge in [-0.05, 0) is 45.0 Å². The van der Waals surface area contributed by atoms with Crippen molar-refractivity contribution in [2.45, 2.75) is 32.4 Å². The molecule has 3 aromatic rings. The van der Waals surface area contributed by atoms with Gasteiger partial charge < -0.3 is 9.88 Å². The maximum atomic E-state index is 13.1. The number of carbonyl (C=O) groups excluding carboxylic acids is 1. The molecule has 5 rings (SSSR count). The van der Waals surface area contributed by atoms with E-state index in [1.54, 1.807) is 4.90 Å². The van der Waals surface area contributed by atoms with E-state index in [9.17, 15) is 4.79 Å². The maximum Gasteiger partial charge on any atom is 0.283 e. The summed E-state index contributed by atoms with van der Waals surface area (Å²) in [5.74, 6) is 0.587. The lowest BCUT2D eigenvalue weighted by atomic mass is 10.1. The Morgan fingerprint density at radius 3 is 2.85 bits per heavy atom. The van der Waals surface area contributed by atoms with Crippen LogP contribution in [0.25, 0.3) is 11.0 Å². The highest BCUT2D eigenvalue weighted by Gasteiger charge is 2.32. The number of benzene rings is 1. The molecular formula is C18H21N7O. The Labute approximate surface area is 150 Å². The minimum Gasteiger partial charge on any atom is -0.317 e. The third-order valence-electron chi connectivity index (χ3n) is 5.45. The molecule has 0 radical (unpaired) electrons. The van der Waals surface area contributed by atoms with Gasteiger partial charge in [-0.3, -0.25) is 9.69 Å². The van der Waals surface area contributed by atoms with E-state index in [1.807, 2.05) is 35.9 Å². The molecule has 1 amide bonds. The number of hydrogen-bond donors (Lipinski definition) is 1. The summed E-state index contributed by atoms with van der Waals surface area (Å²) in [5, 5.41) is 11.9. The van der Waals surface area contributed by atoms with E-state index in [0.29, 0.717) is 24.2 Å². The zero-order valence-electron chi connectivity index (χ0n) is 14.7. The molecule has 134 valence electrons. The number of nitrogens with one attached hydrogen (secondary N) is 1. The van der Waals surface area contributed by atoms with Crippen LogP contribution in [-0.2, 0) is 6.54 Å². The molecular weight excluding hydrogens is 330 g/mol. The molecule has 2 aromatic heterocycles. The number of carbonyl (C=O) groups is 1. The highest BCUT2D eigenvalue weighted by molar-refractivity contribution is 6.05. The van der Waals surface area contributed by atoms with Gasteiger partial charge in [-0.2, -0.15) is 0 Å². The van der Waals surface area contributed by atoms with Crippen molar-refractivity contribution in [3.8, 4) is 0 Å². The third kappa shape index (κ3) is 2.25. The Balaban J connectivity index is 1.48. The van der Waals surface area contributed by atoms with Crippen LogP contribution >= 0.6 is 0 Å². The predicted octanol–water partition coefficient (Wildman–Crippen LogP) is 1.52. The molecule has 0 saturated carbocycles. The van der Waals surface area contributed by atoms with Crippen LogP contribution in [0.4, 0.5) is 5.95 Å². The Morgan fingerprint density at radius 2 is 2.00 bits per heavy atom. The first-order chi connectivity index (χ1) is 12.7. The average molecular weight is 351 g/mol. The second kappa shape index (κ2) is 5.91. The summed E-state index contributed by atoms with van der Waals surface area (Å²) in [5.41, 5.74) is 3.25. The summed E-state index contributed by atoms with van der Waals surface area (Å²) in [6, 6.07) is 8.29. The van der Waals surface area contributed by atoms with Crippen molar-refractivity contribution in [3.05, 3.63) is 35.7 Å². The highest BCUT2D eigenvalue weighted by Crippen LogP contribution is 2.29. The van der Waals surface area contributed by atoms with Crippen molar-refractivity contribution in [3.63, 3.8) is 0 Å². The number of fused-ring (bicyclic) bond motifs is 3. The summed E-state index contributed by atoms with van der Waals surface area (Å²) in [6.45, 7) is 5.26. The van der Waals surface area contributed by atoms with Crippen molar-refractivity contribution >= 4 is 22.9 Å². The Hall–Kier alpha value is -2.74. The Kier molecular flexibility index (Phi) is 3.53. The fourth-order valence-electron chi connectivity index (χ4n) is 4.05. The lowest BCUT2D eigenvalue weighted by Gasteiger charge is -2.23.